The van der Waals surface area contributed by atoms with Crippen LogP contribution in [0.4, 0.5) is 0 Å². The van der Waals surface area contributed by atoms with Crippen molar-refractivity contribution >= 4 is 5.96 Å². The largest absolute Gasteiger partial charge is 0.357 e. The first-order chi connectivity index (χ1) is 13.2. The molecule has 1 atom stereocenters. The monoisotopic (exact) mass is 368 g/mol. The minimum atomic E-state index is 0.570. The molecule has 2 aromatic rings. The summed E-state index contributed by atoms with van der Waals surface area (Å²) in [5.41, 5.74) is 2.49. The molecular formula is C21H32N6. The first-order valence-corrected chi connectivity index (χ1v) is 9.90. The number of aromatic nitrogens is 2. The molecule has 1 aromatic heterocycles. The predicted octanol–water partition coefficient (Wildman–Crippen LogP) is 2.33. The van der Waals surface area contributed by atoms with Gasteiger partial charge in [-0.1, -0.05) is 24.3 Å². The van der Waals surface area contributed by atoms with E-state index in [0.29, 0.717) is 12.6 Å². The van der Waals surface area contributed by atoms with E-state index in [1.807, 2.05) is 23.1 Å². The van der Waals surface area contributed by atoms with E-state index in [9.17, 15) is 0 Å². The molecule has 0 aliphatic heterocycles. The van der Waals surface area contributed by atoms with E-state index in [0.717, 1.165) is 31.5 Å². The lowest BCUT2D eigenvalue weighted by Crippen LogP contribution is -2.46. The molecule has 0 spiro atoms. The maximum Gasteiger partial charge on any atom is 0.191 e. The fourth-order valence-corrected chi connectivity index (χ4v) is 3.39. The molecule has 0 saturated heterocycles. The maximum absolute atomic E-state index is 4.83. The van der Waals surface area contributed by atoms with Crippen LogP contribution in [0, 0.1) is 5.92 Å². The Morgan fingerprint density at radius 2 is 2.00 bits per heavy atom. The van der Waals surface area contributed by atoms with Gasteiger partial charge in [-0.05, 0) is 57.0 Å². The Morgan fingerprint density at radius 1 is 1.22 bits per heavy atom. The van der Waals surface area contributed by atoms with Crippen molar-refractivity contribution in [2.75, 3.05) is 27.2 Å². The average molecular weight is 369 g/mol. The van der Waals surface area contributed by atoms with Crippen LogP contribution in [0.15, 0.2) is 47.7 Å². The first-order valence-electron chi connectivity index (χ1n) is 9.90. The lowest BCUT2D eigenvalue weighted by Gasteiger charge is -2.25. The van der Waals surface area contributed by atoms with Crippen LogP contribution in [0.3, 0.4) is 0 Å². The number of rotatable bonds is 9. The predicted molar refractivity (Wildman–Crippen MR) is 111 cm³/mol. The average Bonchev–Trinajstić information content (AvgIpc) is 3.36. The molecule has 3 rings (SSSR count). The molecule has 2 N–H and O–H groups in total. The molecule has 6 heteroatoms. The van der Waals surface area contributed by atoms with E-state index in [1.165, 1.54) is 24.0 Å². The first kappa shape index (κ1) is 19.4. The van der Waals surface area contributed by atoms with Crippen molar-refractivity contribution < 1.29 is 0 Å². The number of hydrogen-bond acceptors (Lipinski definition) is 3. The highest BCUT2D eigenvalue weighted by Crippen LogP contribution is 2.34. The summed E-state index contributed by atoms with van der Waals surface area (Å²) in [5.74, 6) is 1.71. The number of nitrogens with one attached hydrogen (secondary N) is 2. The van der Waals surface area contributed by atoms with Gasteiger partial charge in [0, 0.05) is 31.5 Å². The van der Waals surface area contributed by atoms with Gasteiger partial charge >= 0.3 is 0 Å². The molecule has 1 aliphatic rings. The molecule has 6 nitrogen and oxygen atoms in total. The number of likely N-dealkylation sites (N-methyl/N-ethyl adjacent to an activating group) is 1. The van der Waals surface area contributed by atoms with Crippen LogP contribution in [0.5, 0.6) is 0 Å². The van der Waals surface area contributed by atoms with E-state index >= 15 is 0 Å². The highest BCUT2D eigenvalue weighted by molar-refractivity contribution is 5.79. The number of benzene rings is 1. The second-order valence-corrected chi connectivity index (χ2v) is 7.42. The zero-order chi connectivity index (χ0) is 19.1. The lowest BCUT2D eigenvalue weighted by molar-refractivity contribution is 0.264. The smallest absolute Gasteiger partial charge is 0.191 e. The van der Waals surface area contributed by atoms with Crippen LogP contribution < -0.4 is 10.6 Å². The third-order valence-corrected chi connectivity index (χ3v) is 5.07. The summed E-state index contributed by atoms with van der Waals surface area (Å²) in [4.78, 5) is 7.16. The summed E-state index contributed by atoms with van der Waals surface area (Å²) in [6.45, 7) is 5.32. The van der Waals surface area contributed by atoms with Gasteiger partial charge in [0.05, 0.1) is 13.1 Å². The topological polar surface area (TPSA) is 57.5 Å². The van der Waals surface area contributed by atoms with Crippen LogP contribution >= 0.6 is 0 Å². The Hall–Kier alpha value is -2.34. The van der Waals surface area contributed by atoms with Crippen LogP contribution in [-0.2, 0) is 13.1 Å². The fraction of sp³-hybridized carbons (Fsp3) is 0.524. The molecule has 0 amide bonds. The Balaban J connectivity index is 1.64. The molecular weight excluding hydrogens is 336 g/mol. The van der Waals surface area contributed by atoms with E-state index < -0.39 is 0 Å². The standard InChI is InChI=1S/C21H32N6/c1-4-22-21(24-15-20(26(2)3)17-10-11-17)23-14-18-8-5-6-9-19(18)16-27-13-7-12-25-27/h5-9,12-13,17,20H,4,10-11,14-16H2,1-3H3,(H2,22,23,24). The van der Waals surface area contributed by atoms with Crippen molar-refractivity contribution in [2.24, 2.45) is 10.9 Å². The van der Waals surface area contributed by atoms with Crippen LogP contribution in [-0.4, -0.2) is 53.9 Å². The van der Waals surface area contributed by atoms with Crippen molar-refractivity contribution in [1.82, 2.24) is 25.3 Å². The van der Waals surface area contributed by atoms with Crippen molar-refractivity contribution in [3.63, 3.8) is 0 Å². The minimum absolute atomic E-state index is 0.570. The summed E-state index contributed by atoms with van der Waals surface area (Å²) in [5, 5.41) is 11.2. The molecule has 27 heavy (non-hydrogen) atoms. The third-order valence-electron chi connectivity index (χ3n) is 5.07. The molecule has 0 bridgehead atoms. The third kappa shape index (κ3) is 5.82. The summed E-state index contributed by atoms with van der Waals surface area (Å²) < 4.78 is 1.95. The van der Waals surface area contributed by atoms with Gasteiger partial charge in [0.15, 0.2) is 5.96 Å². The Morgan fingerprint density at radius 3 is 2.63 bits per heavy atom. The summed E-state index contributed by atoms with van der Waals surface area (Å²) in [6, 6.07) is 11.0. The minimum Gasteiger partial charge on any atom is -0.357 e. The summed E-state index contributed by atoms with van der Waals surface area (Å²) >= 11 is 0. The summed E-state index contributed by atoms with van der Waals surface area (Å²) in [7, 11) is 4.33. The van der Waals surface area contributed by atoms with Crippen molar-refractivity contribution in [3.05, 3.63) is 53.9 Å². The highest BCUT2D eigenvalue weighted by atomic mass is 15.3. The van der Waals surface area contributed by atoms with Gasteiger partial charge in [-0.25, -0.2) is 4.99 Å². The van der Waals surface area contributed by atoms with E-state index in [4.69, 9.17) is 4.99 Å². The lowest BCUT2D eigenvalue weighted by atomic mass is 10.1. The van der Waals surface area contributed by atoms with Crippen molar-refractivity contribution in [3.8, 4) is 0 Å². The molecule has 1 aliphatic carbocycles. The summed E-state index contributed by atoms with van der Waals surface area (Å²) in [6.07, 6.45) is 6.50. The quantitative estimate of drug-likeness (QED) is 0.527. The Labute approximate surface area is 162 Å². The second kappa shape index (κ2) is 9.55. The van der Waals surface area contributed by atoms with E-state index in [2.05, 4.69) is 65.9 Å². The molecule has 0 radical (unpaired) electrons. The van der Waals surface area contributed by atoms with Crippen LogP contribution in [0.25, 0.3) is 0 Å². The zero-order valence-corrected chi connectivity index (χ0v) is 16.7. The second-order valence-electron chi connectivity index (χ2n) is 7.42. The Kier molecular flexibility index (Phi) is 6.87. The van der Waals surface area contributed by atoms with Gasteiger partial charge in [-0.15, -0.1) is 0 Å². The van der Waals surface area contributed by atoms with E-state index in [-0.39, 0.29) is 0 Å². The normalized spacial score (nSPS) is 15.8. The van der Waals surface area contributed by atoms with Gasteiger partial charge in [0.1, 0.15) is 0 Å². The van der Waals surface area contributed by atoms with Crippen molar-refractivity contribution in [1.29, 1.82) is 0 Å². The number of aliphatic imine (C=N–C) groups is 1. The van der Waals surface area contributed by atoms with Gasteiger partial charge in [-0.2, -0.15) is 5.10 Å². The zero-order valence-electron chi connectivity index (χ0n) is 16.7. The molecule has 1 aromatic carbocycles. The molecule has 1 saturated carbocycles. The van der Waals surface area contributed by atoms with Gasteiger partial charge in [0.2, 0.25) is 0 Å². The maximum atomic E-state index is 4.83. The molecule has 1 fully saturated rings. The molecule has 1 unspecified atom stereocenters. The number of guanidine groups is 1. The SMILES string of the molecule is CCNC(=NCc1ccccc1Cn1cccn1)NCC(C1CC1)N(C)C. The molecule has 1 heterocycles. The van der Waals surface area contributed by atoms with E-state index in [1.54, 1.807) is 0 Å². The highest BCUT2D eigenvalue weighted by Gasteiger charge is 2.32. The van der Waals surface area contributed by atoms with Crippen LogP contribution in [0.2, 0.25) is 0 Å². The van der Waals surface area contributed by atoms with Crippen LogP contribution in [0.1, 0.15) is 30.9 Å². The van der Waals surface area contributed by atoms with Crippen molar-refractivity contribution in [2.45, 2.75) is 38.9 Å². The van der Waals surface area contributed by atoms with Gasteiger partial charge < -0.3 is 15.5 Å². The molecule has 146 valence electrons. The number of hydrogen-bond donors (Lipinski definition) is 2. The van der Waals surface area contributed by atoms with Gasteiger partial charge in [0.25, 0.3) is 0 Å². The Bertz CT molecular complexity index is 716. The van der Waals surface area contributed by atoms with Gasteiger partial charge in [-0.3, -0.25) is 4.68 Å². The number of nitrogens with zero attached hydrogens (tertiary/aromatic N) is 4. The fourth-order valence-electron chi connectivity index (χ4n) is 3.39.